The Balaban J connectivity index is 1.76. The van der Waals surface area contributed by atoms with Crippen LogP contribution in [0.15, 0.2) is 54.6 Å². The SMILES string of the molecule is CCc1ccc2c(c1)[C@@H]1C=CC[C@H]1[C@H](c1ccc(Cl)cc1)N2. The summed E-state index contributed by atoms with van der Waals surface area (Å²) in [6, 6.07) is 15.5. The fourth-order valence-corrected chi connectivity index (χ4v) is 3.99. The van der Waals surface area contributed by atoms with Crippen LogP contribution in [-0.2, 0) is 6.42 Å². The van der Waals surface area contributed by atoms with Crippen LogP contribution in [0, 0.1) is 5.92 Å². The lowest BCUT2D eigenvalue weighted by Gasteiger charge is -2.37. The van der Waals surface area contributed by atoms with Gasteiger partial charge in [0.2, 0.25) is 0 Å². The molecule has 0 amide bonds. The van der Waals surface area contributed by atoms with Gasteiger partial charge in [0.25, 0.3) is 0 Å². The Morgan fingerprint density at radius 1 is 1.14 bits per heavy atom. The Bertz CT molecular complexity index is 717. The third-order valence-corrected chi connectivity index (χ3v) is 5.32. The van der Waals surface area contributed by atoms with Crippen LogP contribution < -0.4 is 5.32 Å². The van der Waals surface area contributed by atoms with E-state index in [0.717, 1.165) is 17.9 Å². The van der Waals surface area contributed by atoms with Crippen molar-refractivity contribution in [1.82, 2.24) is 0 Å². The molecule has 2 aromatic rings. The summed E-state index contributed by atoms with van der Waals surface area (Å²) < 4.78 is 0. The van der Waals surface area contributed by atoms with Crippen LogP contribution in [0.3, 0.4) is 0 Å². The topological polar surface area (TPSA) is 12.0 Å². The molecule has 0 radical (unpaired) electrons. The summed E-state index contributed by atoms with van der Waals surface area (Å²) in [7, 11) is 0. The largest absolute Gasteiger partial charge is 0.378 e. The first-order valence-electron chi connectivity index (χ1n) is 8.07. The zero-order valence-corrected chi connectivity index (χ0v) is 13.5. The van der Waals surface area contributed by atoms with Crippen molar-refractivity contribution in [2.45, 2.75) is 31.7 Å². The summed E-state index contributed by atoms with van der Waals surface area (Å²) in [6.07, 6.45) is 6.97. The van der Waals surface area contributed by atoms with Gasteiger partial charge in [0.1, 0.15) is 0 Å². The Morgan fingerprint density at radius 2 is 1.95 bits per heavy atom. The summed E-state index contributed by atoms with van der Waals surface area (Å²) in [4.78, 5) is 0. The number of rotatable bonds is 2. The molecule has 0 unspecified atom stereocenters. The Labute approximate surface area is 137 Å². The van der Waals surface area contributed by atoms with E-state index in [1.165, 1.54) is 22.4 Å². The molecular weight excluding hydrogens is 290 g/mol. The number of aryl methyl sites for hydroxylation is 1. The lowest BCUT2D eigenvalue weighted by Crippen LogP contribution is -2.29. The standard InChI is InChI=1S/C20H20ClN/c1-2-13-6-11-19-18(12-13)16-4-3-5-17(16)20(22-19)14-7-9-15(21)10-8-14/h3-4,6-12,16-17,20,22H,2,5H2,1H3/t16-,17-,20+/m1/s1. The zero-order chi connectivity index (χ0) is 15.1. The van der Waals surface area contributed by atoms with Gasteiger partial charge in [-0.15, -0.1) is 0 Å². The van der Waals surface area contributed by atoms with Gasteiger partial charge in [0, 0.05) is 16.6 Å². The first-order valence-corrected chi connectivity index (χ1v) is 8.45. The molecule has 1 aliphatic heterocycles. The molecule has 0 bridgehead atoms. The number of anilines is 1. The van der Waals surface area contributed by atoms with Crippen molar-refractivity contribution < 1.29 is 0 Å². The number of hydrogen-bond donors (Lipinski definition) is 1. The maximum absolute atomic E-state index is 6.04. The van der Waals surface area contributed by atoms with E-state index in [-0.39, 0.29) is 0 Å². The second-order valence-corrected chi connectivity index (χ2v) is 6.74. The molecule has 0 saturated carbocycles. The van der Waals surface area contributed by atoms with Crippen LogP contribution in [0.4, 0.5) is 5.69 Å². The quantitative estimate of drug-likeness (QED) is 0.699. The monoisotopic (exact) mass is 309 g/mol. The Hall–Kier alpha value is -1.73. The maximum atomic E-state index is 6.04. The van der Waals surface area contributed by atoms with Crippen LogP contribution in [0.5, 0.6) is 0 Å². The van der Waals surface area contributed by atoms with Crippen molar-refractivity contribution in [3.05, 3.63) is 76.3 Å². The number of hydrogen-bond acceptors (Lipinski definition) is 1. The molecule has 0 spiro atoms. The van der Waals surface area contributed by atoms with Gasteiger partial charge in [0.05, 0.1) is 6.04 Å². The first kappa shape index (κ1) is 13.9. The molecule has 1 N–H and O–H groups in total. The minimum absolute atomic E-state index is 0.359. The van der Waals surface area contributed by atoms with Crippen molar-refractivity contribution in [2.75, 3.05) is 5.32 Å². The molecule has 3 atom stereocenters. The van der Waals surface area contributed by atoms with Gasteiger partial charge < -0.3 is 5.32 Å². The first-order chi connectivity index (χ1) is 10.8. The fourth-order valence-electron chi connectivity index (χ4n) is 3.86. The molecular formula is C20H20ClN. The summed E-state index contributed by atoms with van der Waals surface area (Å²) in [6.45, 7) is 2.22. The average Bonchev–Trinajstić information content (AvgIpc) is 3.04. The van der Waals surface area contributed by atoms with Crippen molar-refractivity contribution in [2.24, 2.45) is 5.92 Å². The molecule has 0 aromatic heterocycles. The predicted molar refractivity (Wildman–Crippen MR) is 93.6 cm³/mol. The third kappa shape index (κ3) is 2.24. The van der Waals surface area contributed by atoms with E-state index in [1.54, 1.807) is 0 Å². The van der Waals surface area contributed by atoms with Crippen LogP contribution in [0.1, 0.15) is 42.0 Å². The summed E-state index contributed by atoms with van der Waals surface area (Å²) in [5.41, 5.74) is 5.49. The van der Waals surface area contributed by atoms with E-state index < -0.39 is 0 Å². The summed E-state index contributed by atoms with van der Waals surface area (Å²) in [5.74, 6) is 1.13. The van der Waals surface area contributed by atoms with Crippen LogP contribution in [0.25, 0.3) is 0 Å². The van der Waals surface area contributed by atoms with Gasteiger partial charge in [-0.05, 0) is 53.6 Å². The molecule has 1 heterocycles. The average molecular weight is 310 g/mol. The minimum Gasteiger partial charge on any atom is -0.378 e. The number of nitrogens with one attached hydrogen (secondary N) is 1. The van der Waals surface area contributed by atoms with Gasteiger partial charge in [-0.25, -0.2) is 0 Å². The van der Waals surface area contributed by atoms with Crippen LogP contribution in [-0.4, -0.2) is 0 Å². The molecule has 1 nitrogen and oxygen atoms in total. The smallest absolute Gasteiger partial charge is 0.0553 e. The van der Waals surface area contributed by atoms with Gasteiger partial charge in [-0.2, -0.15) is 0 Å². The molecule has 2 heteroatoms. The Morgan fingerprint density at radius 3 is 2.73 bits per heavy atom. The lowest BCUT2D eigenvalue weighted by molar-refractivity contribution is 0.425. The van der Waals surface area contributed by atoms with E-state index >= 15 is 0 Å². The Kier molecular flexibility index (Phi) is 3.46. The second-order valence-electron chi connectivity index (χ2n) is 6.30. The maximum Gasteiger partial charge on any atom is 0.0553 e. The van der Waals surface area contributed by atoms with E-state index in [1.807, 2.05) is 12.1 Å². The molecule has 0 fully saturated rings. The van der Waals surface area contributed by atoms with E-state index in [0.29, 0.717) is 17.9 Å². The molecule has 22 heavy (non-hydrogen) atoms. The van der Waals surface area contributed by atoms with E-state index in [2.05, 4.69) is 54.7 Å². The van der Waals surface area contributed by atoms with Gasteiger partial charge in [0.15, 0.2) is 0 Å². The minimum atomic E-state index is 0.359. The molecule has 2 aromatic carbocycles. The summed E-state index contributed by atoms with van der Waals surface area (Å²) in [5, 5.41) is 4.57. The van der Waals surface area contributed by atoms with E-state index in [9.17, 15) is 0 Å². The summed E-state index contributed by atoms with van der Waals surface area (Å²) >= 11 is 6.04. The fraction of sp³-hybridized carbons (Fsp3) is 0.300. The van der Waals surface area contributed by atoms with Crippen LogP contribution in [0.2, 0.25) is 5.02 Å². The normalized spacial score (nSPS) is 25.5. The van der Waals surface area contributed by atoms with Gasteiger partial charge in [-0.3, -0.25) is 0 Å². The van der Waals surface area contributed by atoms with Gasteiger partial charge >= 0.3 is 0 Å². The predicted octanol–water partition coefficient (Wildman–Crippen LogP) is 5.73. The van der Waals surface area contributed by atoms with Crippen molar-refractivity contribution in [3.8, 4) is 0 Å². The molecule has 1 aliphatic carbocycles. The number of fused-ring (bicyclic) bond motifs is 3. The van der Waals surface area contributed by atoms with Crippen LogP contribution >= 0.6 is 11.6 Å². The molecule has 2 aliphatic rings. The second kappa shape index (κ2) is 5.48. The highest BCUT2D eigenvalue weighted by atomic mass is 35.5. The molecule has 4 rings (SSSR count). The van der Waals surface area contributed by atoms with Crippen molar-refractivity contribution in [3.63, 3.8) is 0 Å². The number of halogens is 1. The number of allylic oxidation sites excluding steroid dienone is 2. The van der Waals surface area contributed by atoms with Crippen molar-refractivity contribution in [1.29, 1.82) is 0 Å². The highest BCUT2D eigenvalue weighted by Gasteiger charge is 2.37. The van der Waals surface area contributed by atoms with E-state index in [4.69, 9.17) is 11.6 Å². The highest BCUT2D eigenvalue weighted by Crippen LogP contribution is 2.49. The molecule has 112 valence electrons. The number of benzene rings is 2. The third-order valence-electron chi connectivity index (χ3n) is 5.06. The van der Waals surface area contributed by atoms with Crippen molar-refractivity contribution >= 4 is 17.3 Å². The zero-order valence-electron chi connectivity index (χ0n) is 12.7. The highest BCUT2D eigenvalue weighted by molar-refractivity contribution is 6.30. The molecule has 0 saturated heterocycles. The van der Waals surface area contributed by atoms with Gasteiger partial charge in [-0.1, -0.05) is 54.9 Å². The lowest BCUT2D eigenvalue weighted by atomic mass is 9.76.